The van der Waals surface area contributed by atoms with Gasteiger partial charge in [0.05, 0.1) is 5.52 Å². The summed E-state index contributed by atoms with van der Waals surface area (Å²) in [7, 11) is 0. The first-order valence-corrected chi connectivity index (χ1v) is 9.57. The maximum absolute atomic E-state index is 12.9. The molecule has 0 atom stereocenters. The van der Waals surface area contributed by atoms with Gasteiger partial charge in [-0.2, -0.15) is 0 Å². The third kappa shape index (κ3) is 4.11. The van der Waals surface area contributed by atoms with Gasteiger partial charge in [-0.1, -0.05) is 37.1 Å². The molecule has 1 N–H and O–H groups in total. The maximum Gasteiger partial charge on any atom is 0.261 e. The molecule has 0 spiro atoms. The Morgan fingerprint density at radius 3 is 2.48 bits per heavy atom. The summed E-state index contributed by atoms with van der Waals surface area (Å²) in [6.07, 6.45) is 5.00. The highest BCUT2D eigenvalue weighted by molar-refractivity contribution is 6.05. The molecule has 0 unspecified atom stereocenters. The molecule has 3 aromatic rings. The number of hydrogen-bond donors (Lipinski definition) is 1. The molecular weight excluding hydrogens is 336 g/mol. The van der Waals surface area contributed by atoms with Crippen molar-refractivity contribution < 1.29 is 4.79 Å². The Kier molecular flexibility index (Phi) is 5.75. The molecule has 0 saturated carbocycles. The maximum atomic E-state index is 12.9. The Bertz CT molecular complexity index is 1020. The number of unbranched alkanes of at least 4 members (excludes halogenated alkanes) is 1. The van der Waals surface area contributed by atoms with Crippen LogP contribution in [0.3, 0.4) is 0 Å². The minimum absolute atomic E-state index is 0.171. The molecular formula is C23H26N2O2. The van der Waals surface area contributed by atoms with Crippen molar-refractivity contribution in [1.29, 1.82) is 0 Å². The average molecular weight is 362 g/mol. The van der Waals surface area contributed by atoms with Gasteiger partial charge in [-0.05, 0) is 56.5 Å². The van der Waals surface area contributed by atoms with Crippen LogP contribution in [0.2, 0.25) is 0 Å². The SMILES string of the molecule is CCCCc1ccc(NC(=O)c2cn(CC)c3ccc(C)cc3c2=O)cc1. The first-order chi connectivity index (χ1) is 13.0. The van der Waals surface area contributed by atoms with E-state index < -0.39 is 0 Å². The van der Waals surface area contributed by atoms with E-state index >= 15 is 0 Å². The summed E-state index contributed by atoms with van der Waals surface area (Å²) in [5.41, 5.74) is 3.75. The van der Waals surface area contributed by atoms with Crippen LogP contribution in [0.4, 0.5) is 5.69 Å². The summed E-state index contributed by atoms with van der Waals surface area (Å²) in [6.45, 7) is 6.80. The number of pyridine rings is 1. The molecule has 4 heteroatoms. The molecule has 0 bridgehead atoms. The second-order valence-corrected chi connectivity index (χ2v) is 6.93. The number of rotatable bonds is 6. The van der Waals surface area contributed by atoms with E-state index in [0.717, 1.165) is 30.3 Å². The first kappa shape index (κ1) is 18.9. The van der Waals surface area contributed by atoms with Crippen LogP contribution in [0.25, 0.3) is 10.9 Å². The molecule has 140 valence electrons. The molecule has 4 nitrogen and oxygen atoms in total. The quantitative estimate of drug-likeness (QED) is 0.676. The smallest absolute Gasteiger partial charge is 0.261 e. The molecule has 3 rings (SSSR count). The van der Waals surface area contributed by atoms with Crippen LogP contribution in [0.15, 0.2) is 53.5 Å². The molecule has 2 aromatic carbocycles. The van der Waals surface area contributed by atoms with Crippen molar-refractivity contribution in [2.45, 2.75) is 46.6 Å². The van der Waals surface area contributed by atoms with Crippen LogP contribution in [-0.4, -0.2) is 10.5 Å². The Morgan fingerprint density at radius 1 is 1.07 bits per heavy atom. The molecule has 27 heavy (non-hydrogen) atoms. The highest BCUT2D eigenvalue weighted by Crippen LogP contribution is 2.16. The molecule has 0 aliphatic heterocycles. The van der Waals surface area contributed by atoms with Gasteiger partial charge in [-0.25, -0.2) is 0 Å². The third-order valence-electron chi connectivity index (χ3n) is 4.85. The number of nitrogens with zero attached hydrogens (tertiary/aromatic N) is 1. The van der Waals surface area contributed by atoms with Crippen LogP contribution in [0, 0.1) is 6.92 Å². The van der Waals surface area contributed by atoms with Gasteiger partial charge in [0.25, 0.3) is 5.91 Å². The van der Waals surface area contributed by atoms with E-state index in [2.05, 4.69) is 12.2 Å². The zero-order valence-corrected chi connectivity index (χ0v) is 16.2. The Balaban J connectivity index is 1.91. The number of benzene rings is 2. The highest BCUT2D eigenvalue weighted by Gasteiger charge is 2.15. The van der Waals surface area contributed by atoms with Crippen LogP contribution >= 0.6 is 0 Å². The zero-order valence-electron chi connectivity index (χ0n) is 16.2. The third-order valence-corrected chi connectivity index (χ3v) is 4.85. The fourth-order valence-electron chi connectivity index (χ4n) is 3.27. The number of amides is 1. The predicted molar refractivity (Wildman–Crippen MR) is 112 cm³/mol. The van der Waals surface area contributed by atoms with E-state index in [4.69, 9.17) is 0 Å². The van der Waals surface area contributed by atoms with Crippen molar-refractivity contribution in [2.75, 3.05) is 5.32 Å². The number of carbonyl (C=O) groups is 1. The van der Waals surface area contributed by atoms with Gasteiger partial charge >= 0.3 is 0 Å². The van der Waals surface area contributed by atoms with Gasteiger partial charge in [0.1, 0.15) is 5.56 Å². The standard InChI is InChI=1S/C23H26N2O2/c1-4-6-7-17-9-11-18(12-10-17)24-23(27)20-15-25(5-2)21-13-8-16(3)14-19(21)22(20)26/h8-15H,4-7H2,1-3H3,(H,24,27). The summed E-state index contributed by atoms with van der Waals surface area (Å²) >= 11 is 0. The molecule has 0 radical (unpaired) electrons. The van der Waals surface area contributed by atoms with Crippen molar-refractivity contribution in [3.8, 4) is 0 Å². The second-order valence-electron chi connectivity index (χ2n) is 6.93. The number of nitrogens with one attached hydrogen (secondary N) is 1. The molecule has 0 saturated heterocycles. The van der Waals surface area contributed by atoms with E-state index in [-0.39, 0.29) is 16.9 Å². The molecule has 1 heterocycles. The predicted octanol–water partition coefficient (Wildman–Crippen LogP) is 4.92. The Labute approximate surface area is 159 Å². The van der Waals surface area contributed by atoms with E-state index in [9.17, 15) is 9.59 Å². The number of fused-ring (bicyclic) bond motifs is 1. The largest absolute Gasteiger partial charge is 0.347 e. The van der Waals surface area contributed by atoms with Gasteiger partial charge in [0, 0.05) is 23.8 Å². The number of anilines is 1. The monoisotopic (exact) mass is 362 g/mol. The summed E-state index contributed by atoms with van der Waals surface area (Å²) in [6, 6.07) is 13.6. The topological polar surface area (TPSA) is 51.1 Å². The minimum Gasteiger partial charge on any atom is -0.347 e. The Morgan fingerprint density at radius 2 is 1.81 bits per heavy atom. The van der Waals surface area contributed by atoms with Gasteiger partial charge in [-0.15, -0.1) is 0 Å². The van der Waals surface area contributed by atoms with Gasteiger partial charge in [0.15, 0.2) is 0 Å². The fraction of sp³-hybridized carbons (Fsp3) is 0.304. The normalized spacial score (nSPS) is 10.9. The molecule has 1 aromatic heterocycles. The zero-order chi connectivity index (χ0) is 19.4. The van der Waals surface area contributed by atoms with Gasteiger partial charge < -0.3 is 9.88 Å². The van der Waals surface area contributed by atoms with E-state index in [0.29, 0.717) is 17.6 Å². The van der Waals surface area contributed by atoms with E-state index in [1.807, 2.05) is 60.9 Å². The number of hydrogen-bond acceptors (Lipinski definition) is 2. The summed E-state index contributed by atoms with van der Waals surface area (Å²) in [5.74, 6) is -0.369. The van der Waals surface area contributed by atoms with Crippen LogP contribution in [0.1, 0.15) is 48.2 Å². The summed E-state index contributed by atoms with van der Waals surface area (Å²) in [4.78, 5) is 25.6. The second kappa shape index (κ2) is 8.21. The van der Waals surface area contributed by atoms with Crippen LogP contribution in [-0.2, 0) is 13.0 Å². The number of carbonyl (C=O) groups excluding carboxylic acids is 1. The van der Waals surface area contributed by atoms with E-state index in [1.165, 1.54) is 5.56 Å². The molecule has 0 aliphatic rings. The number of aromatic nitrogens is 1. The van der Waals surface area contributed by atoms with Crippen LogP contribution in [0.5, 0.6) is 0 Å². The van der Waals surface area contributed by atoms with Crippen molar-refractivity contribution in [2.24, 2.45) is 0 Å². The van der Waals surface area contributed by atoms with E-state index in [1.54, 1.807) is 6.20 Å². The minimum atomic E-state index is -0.369. The molecule has 0 fully saturated rings. The fourth-order valence-corrected chi connectivity index (χ4v) is 3.27. The molecule has 0 aliphatic carbocycles. The van der Waals surface area contributed by atoms with Crippen molar-refractivity contribution in [3.63, 3.8) is 0 Å². The lowest BCUT2D eigenvalue weighted by Gasteiger charge is -2.12. The summed E-state index contributed by atoms with van der Waals surface area (Å²) in [5, 5.41) is 3.44. The first-order valence-electron chi connectivity index (χ1n) is 9.57. The lowest BCUT2D eigenvalue weighted by Crippen LogP contribution is -2.24. The molecule has 1 amide bonds. The Hall–Kier alpha value is -2.88. The highest BCUT2D eigenvalue weighted by atomic mass is 16.2. The van der Waals surface area contributed by atoms with Crippen molar-refractivity contribution in [1.82, 2.24) is 4.57 Å². The average Bonchev–Trinajstić information content (AvgIpc) is 2.68. The lowest BCUT2D eigenvalue weighted by atomic mass is 10.1. The van der Waals surface area contributed by atoms with Crippen molar-refractivity contribution in [3.05, 3.63) is 75.6 Å². The lowest BCUT2D eigenvalue weighted by molar-refractivity contribution is 0.102. The van der Waals surface area contributed by atoms with Gasteiger partial charge in [-0.3, -0.25) is 9.59 Å². The number of aryl methyl sites for hydroxylation is 3. The van der Waals surface area contributed by atoms with Crippen molar-refractivity contribution >= 4 is 22.5 Å². The summed E-state index contributed by atoms with van der Waals surface area (Å²) < 4.78 is 1.94. The van der Waals surface area contributed by atoms with Crippen LogP contribution < -0.4 is 10.7 Å². The van der Waals surface area contributed by atoms with Gasteiger partial charge in [0.2, 0.25) is 5.43 Å².